The van der Waals surface area contributed by atoms with Crippen molar-refractivity contribution in [3.63, 3.8) is 0 Å². The van der Waals surface area contributed by atoms with E-state index in [-0.39, 0.29) is 12.5 Å². The molecule has 2 aromatic rings. The molecule has 0 saturated heterocycles. The molecule has 1 aromatic carbocycles. The second-order valence-electron chi connectivity index (χ2n) is 4.77. The lowest BCUT2D eigenvalue weighted by molar-refractivity contribution is -0.141. The average molecular weight is 343 g/mol. The summed E-state index contributed by atoms with van der Waals surface area (Å²) in [4.78, 5) is 7.08. The number of nitrogens with zero attached hydrogens (tertiary/aromatic N) is 2. The van der Waals surface area contributed by atoms with Gasteiger partial charge in [-0.05, 0) is 24.3 Å². The fourth-order valence-electron chi connectivity index (χ4n) is 2.00. The molecule has 0 amide bonds. The van der Waals surface area contributed by atoms with E-state index in [1.165, 1.54) is 14.2 Å². The van der Waals surface area contributed by atoms with E-state index in [1.807, 2.05) is 0 Å². The predicted octanol–water partition coefficient (Wildman–Crippen LogP) is 2.66. The van der Waals surface area contributed by atoms with Crippen molar-refractivity contribution in [1.82, 2.24) is 9.97 Å². The third kappa shape index (κ3) is 4.25. The Morgan fingerprint density at radius 1 is 1.21 bits per heavy atom. The van der Waals surface area contributed by atoms with Gasteiger partial charge >= 0.3 is 6.18 Å². The molecule has 1 atom stereocenters. The fraction of sp³-hybridized carbons (Fsp3) is 0.333. The Hall–Kier alpha value is -2.55. The number of benzene rings is 1. The first-order valence-corrected chi connectivity index (χ1v) is 6.89. The van der Waals surface area contributed by atoms with Crippen molar-refractivity contribution in [3.8, 4) is 11.5 Å². The number of nitrogens with one attached hydrogen (secondary N) is 1. The summed E-state index contributed by atoms with van der Waals surface area (Å²) >= 11 is 0. The zero-order chi connectivity index (χ0) is 17.7. The zero-order valence-electron chi connectivity index (χ0n) is 13.0. The van der Waals surface area contributed by atoms with Crippen LogP contribution in [0.2, 0.25) is 0 Å². The predicted molar refractivity (Wildman–Crippen MR) is 80.0 cm³/mol. The van der Waals surface area contributed by atoms with Gasteiger partial charge in [-0.15, -0.1) is 0 Å². The normalized spacial score (nSPS) is 12.6. The summed E-state index contributed by atoms with van der Waals surface area (Å²) in [5.41, 5.74) is -0.634. The summed E-state index contributed by atoms with van der Waals surface area (Å²) in [6.45, 7) is -0.106. The van der Waals surface area contributed by atoms with E-state index in [2.05, 4.69) is 15.3 Å². The fourth-order valence-corrected chi connectivity index (χ4v) is 2.00. The molecule has 1 heterocycles. The highest BCUT2D eigenvalue weighted by molar-refractivity contribution is 5.42. The van der Waals surface area contributed by atoms with Crippen molar-refractivity contribution in [2.75, 3.05) is 26.1 Å². The Balaban J connectivity index is 2.12. The van der Waals surface area contributed by atoms with Crippen LogP contribution in [0.25, 0.3) is 0 Å². The minimum Gasteiger partial charge on any atom is -0.497 e. The molecule has 0 spiro atoms. The van der Waals surface area contributed by atoms with Crippen LogP contribution in [-0.4, -0.2) is 35.8 Å². The number of halogens is 3. The Morgan fingerprint density at radius 2 is 1.96 bits per heavy atom. The molecule has 0 aliphatic heterocycles. The van der Waals surface area contributed by atoms with Crippen LogP contribution < -0.4 is 14.8 Å². The van der Waals surface area contributed by atoms with Crippen molar-refractivity contribution < 1.29 is 27.8 Å². The van der Waals surface area contributed by atoms with Gasteiger partial charge < -0.3 is 19.9 Å². The van der Waals surface area contributed by atoms with Gasteiger partial charge in [0.2, 0.25) is 5.95 Å². The molecular formula is C15H16F3N3O3. The van der Waals surface area contributed by atoms with E-state index in [0.717, 1.165) is 12.3 Å². The first-order chi connectivity index (χ1) is 11.3. The Kier molecular flexibility index (Phi) is 5.45. The Morgan fingerprint density at radius 3 is 2.58 bits per heavy atom. The van der Waals surface area contributed by atoms with Crippen molar-refractivity contribution in [1.29, 1.82) is 0 Å². The van der Waals surface area contributed by atoms with Crippen molar-refractivity contribution >= 4 is 5.95 Å². The molecule has 0 radical (unpaired) electrons. The zero-order valence-corrected chi connectivity index (χ0v) is 13.0. The summed E-state index contributed by atoms with van der Waals surface area (Å²) in [6.07, 6.45) is -4.63. The van der Waals surface area contributed by atoms with Crippen LogP contribution in [-0.2, 0) is 6.18 Å². The molecule has 0 bridgehead atoms. The molecule has 130 valence electrons. The molecule has 6 nitrogen and oxygen atoms in total. The minimum atomic E-state index is -4.56. The molecule has 0 aliphatic rings. The molecule has 2 N–H and O–H groups in total. The Bertz CT molecular complexity index is 695. The first-order valence-electron chi connectivity index (χ1n) is 6.89. The summed E-state index contributed by atoms with van der Waals surface area (Å²) < 4.78 is 48.1. The maximum absolute atomic E-state index is 12.6. The number of methoxy groups -OCH3 is 2. The monoisotopic (exact) mass is 343 g/mol. The average Bonchev–Trinajstić information content (AvgIpc) is 2.58. The number of alkyl halides is 3. The van der Waals surface area contributed by atoms with Gasteiger partial charge in [0.15, 0.2) is 0 Å². The second kappa shape index (κ2) is 7.35. The third-order valence-corrected chi connectivity index (χ3v) is 3.20. The lowest BCUT2D eigenvalue weighted by Gasteiger charge is -2.16. The first kappa shape index (κ1) is 17.8. The van der Waals surface area contributed by atoms with Crippen LogP contribution in [0.1, 0.15) is 17.4 Å². The summed E-state index contributed by atoms with van der Waals surface area (Å²) in [6, 6.07) is 5.64. The lowest BCUT2D eigenvalue weighted by atomic mass is 10.1. The second-order valence-corrected chi connectivity index (χ2v) is 4.77. The number of rotatable bonds is 6. The highest BCUT2D eigenvalue weighted by Gasteiger charge is 2.32. The summed E-state index contributed by atoms with van der Waals surface area (Å²) in [7, 11) is 2.92. The van der Waals surface area contributed by atoms with Gasteiger partial charge in [0, 0.05) is 18.3 Å². The topological polar surface area (TPSA) is 76.5 Å². The summed E-state index contributed by atoms with van der Waals surface area (Å²) in [5, 5.41) is 12.8. The van der Waals surface area contributed by atoms with Gasteiger partial charge in [-0.25, -0.2) is 9.97 Å². The molecule has 0 fully saturated rings. The molecule has 0 aliphatic carbocycles. The van der Waals surface area contributed by atoms with Crippen LogP contribution >= 0.6 is 0 Å². The van der Waals surface area contributed by atoms with Gasteiger partial charge in [0.1, 0.15) is 17.2 Å². The largest absolute Gasteiger partial charge is 0.497 e. The maximum atomic E-state index is 12.6. The number of anilines is 1. The van der Waals surface area contributed by atoms with Crippen LogP contribution in [0.15, 0.2) is 30.5 Å². The number of aliphatic hydroxyl groups is 1. The highest BCUT2D eigenvalue weighted by Crippen LogP contribution is 2.30. The van der Waals surface area contributed by atoms with Gasteiger partial charge in [0.05, 0.1) is 20.3 Å². The molecule has 1 aromatic heterocycles. The SMILES string of the molecule is COc1ccc(OC)c([C@@H](O)CNc2nccc(C(F)(F)F)n2)c1. The van der Waals surface area contributed by atoms with E-state index in [9.17, 15) is 18.3 Å². The molecule has 24 heavy (non-hydrogen) atoms. The van der Waals surface area contributed by atoms with Crippen LogP contribution in [0.4, 0.5) is 19.1 Å². The molecule has 2 rings (SSSR count). The van der Waals surface area contributed by atoms with Gasteiger partial charge in [-0.3, -0.25) is 0 Å². The number of hydrogen-bond donors (Lipinski definition) is 2. The number of hydrogen-bond acceptors (Lipinski definition) is 6. The van der Waals surface area contributed by atoms with Gasteiger partial charge in [-0.2, -0.15) is 13.2 Å². The Labute approximate surface area is 136 Å². The molecule has 0 saturated carbocycles. The lowest BCUT2D eigenvalue weighted by Crippen LogP contribution is -2.16. The smallest absolute Gasteiger partial charge is 0.433 e. The standard InChI is InChI=1S/C15H16F3N3O3/c1-23-9-3-4-12(24-2)10(7-9)11(22)8-20-14-19-6-5-13(21-14)15(16,17)18/h3-7,11,22H,8H2,1-2H3,(H,19,20,21)/t11-/m0/s1. The quantitative estimate of drug-likeness (QED) is 0.840. The maximum Gasteiger partial charge on any atom is 0.433 e. The number of aliphatic hydroxyl groups excluding tert-OH is 1. The molecule has 0 unspecified atom stereocenters. The van der Waals surface area contributed by atoms with Gasteiger partial charge in [-0.1, -0.05) is 0 Å². The number of ether oxygens (including phenoxy) is 2. The van der Waals surface area contributed by atoms with Crippen molar-refractivity contribution in [3.05, 3.63) is 41.7 Å². The number of aromatic nitrogens is 2. The van der Waals surface area contributed by atoms with Crippen molar-refractivity contribution in [2.24, 2.45) is 0 Å². The molecular weight excluding hydrogens is 327 g/mol. The van der Waals surface area contributed by atoms with E-state index >= 15 is 0 Å². The highest BCUT2D eigenvalue weighted by atomic mass is 19.4. The molecule has 9 heteroatoms. The van der Waals surface area contributed by atoms with Gasteiger partial charge in [0.25, 0.3) is 0 Å². The third-order valence-electron chi connectivity index (χ3n) is 3.20. The minimum absolute atomic E-state index is 0.106. The van der Waals surface area contributed by atoms with E-state index in [4.69, 9.17) is 9.47 Å². The summed E-state index contributed by atoms with van der Waals surface area (Å²) in [5.74, 6) is 0.709. The van der Waals surface area contributed by atoms with Crippen molar-refractivity contribution in [2.45, 2.75) is 12.3 Å². The van der Waals surface area contributed by atoms with Crippen LogP contribution in [0, 0.1) is 0 Å². The van der Waals surface area contributed by atoms with E-state index < -0.39 is 18.0 Å². The van der Waals surface area contributed by atoms with E-state index in [1.54, 1.807) is 18.2 Å². The van der Waals surface area contributed by atoms with Crippen LogP contribution in [0.3, 0.4) is 0 Å². The van der Waals surface area contributed by atoms with Crippen LogP contribution in [0.5, 0.6) is 11.5 Å². The van der Waals surface area contributed by atoms with E-state index in [0.29, 0.717) is 17.1 Å².